The van der Waals surface area contributed by atoms with Crippen LogP contribution < -0.4 is 0 Å². The van der Waals surface area contributed by atoms with Crippen LogP contribution in [0.2, 0.25) is 0 Å². The molecule has 262 valence electrons. The van der Waals surface area contributed by atoms with Gasteiger partial charge in [0.1, 0.15) is 0 Å². The van der Waals surface area contributed by atoms with Gasteiger partial charge in [-0.3, -0.25) is 14.5 Å². The van der Waals surface area contributed by atoms with Crippen LogP contribution in [-0.2, 0) is 0 Å². The monoisotopic (exact) mass is 716 g/mol. The third kappa shape index (κ3) is 5.19. The van der Waals surface area contributed by atoms with E-state index < -0.39 is 0 Å². The van der Waals surface area contributed by atoms with Crippen molar-refractivity contribution in [2.24, 2.45) is 0 Å². The first-order valence-electron chi connectivity index (χ1n) is 18.7. The third-order valence-corrected chi connectivity index (χ3v) is 10.7. The van der Waals surface area contributed by atoms with Crippen LogP contribution in [-0.4, -0.2) is 29.1 Å². The predicted octanol–water partition coefficient (Wildman–Crippen LogP) is 12.1. The Morgan fingerprint density at radius 2 is 0.768 bits per heavy atom. The van der Waals surface area contributed by atoms with Crippen LogP contribution in [0.1, 0.15) is 0 Å². The largest absolute Gasteiger partial charge is 0.307 e. The Hall–Kier alpha value is -7.70. The topological polar surface area (TPSA) is 61.4 Å². The highest BCUT2D eigenvalue weighted by molar-refractivity contribution is 6.23. The summed E-state index contributed by atoms with van der Waals surface area (Å²) in [4.78, 5) is 20.6. The van der Waals surface area contributed by atoms with Crippen molar-refractivity contribution in [3.05, 3.63) is 194 Å². The average molecular weight is 717 g/mol. The van der Waals surface area contributed by atoms with Gasteiger partial charge in [-0.15, -0.1) is 0 Å². The molecular formula is C50H32N6. The molecule has 0 spiro atoms. The molecule has 56 heavy (non-hydrogen) atoms. The Morgan fingerprint density at radius 1 is 0.321 bits per heavy atom. The molecule has 0 atom stereocenters. The summed E-state index contributed by atoms with van der Waals surface area (Å²) in [5.41, 5.74) is 12.6. The van der Waals surface area contributed by atoms with Gasteiger partial charge in [0.15, 0.2) is 0 Å². The van der Waals surface area contributed by atoms with Crippen molar-refractivity contribution in [3.63, 3.8) is 0 Å². The Labute approximate surface area is 322 Å². The second-order valence-electron chi connectivity index (χ2n) is 13.9. The van der Waals surface area contributed by atoms with E-state index >= 15 is 0 Å². The Kier molecular flexibility index (Phi) is 7.38. The second kappa shape index (κ2) is 13.0. The van der Waals surface area contributed by atoms with Crippen LogP contribution in [0.15, 0.2) is 194 Å². The molecule has 0 fully saturated rings. The average Bonchev–Trinajstić information content (AvgIpc) is 3.80. The van der Waals surface area contributed by atoms with E-state index in [1.54, 1.807) is 0 Å². The first-order valence-corrected chi connectivity index (χ1v) is 18.7. The number of fused-ring (bicyclic) bond motifs is 7. The molecule has 0 radical (unpaired) electrons. The van der Waals surface area contributed by atoms with Crippen molar-refractivity contribution in [2.45, 2.75) is 0 Å². The van der Waals surface area contributed by atoms with Gasteiger partial charge >= 0.3 is 0 Å². The molecular weight excluding hydrogens is 685 g/mol. The van der Waals surface area contributed by atoms with E-state index in [9.17, 15) is 0 Å². The van der Waals surface area contributed by atoms with Crippen LogP contribution in [0.25, 0.3) is 100 Å². The van der Waals surface area contributed by atoms with Gasteiger partial charge in [0.2, 0.25) is 5.95 Å². The molecule has 0 amide bonds. The second-order valence-corrected chi connectivity index (χ2v) is 13.9. The van der Waals surface area contributed by atoms with Crippen molar-refractivity contribution < 1.29 is 0 Å². The van der Waals surface area contributed by atoms with Crippen LogP contribution in [0.4, 0.5) is 0 Å². The lowest BCUT2D eigenvalue weighted by molar-refractivity contribution is 0.988. The fourth-order valence-electron chi connectivity index (χ4n) is 8.04. The minimum Gasteiger partial charge on any atom is -0.307 e. The maximum absolute atomic E-state index is 5.35. The molecule has 0 N–H and O–H groups in total. The summed E-state index contributed by atoms with van der Waals surface area (Å²) >= 11 is 0. The maximum Gasteiger partial charge on any atom is 0.235 e. The summed E-state index contributed by atoms with van der Waals surface area (Å²) < 4.78 is 4.61. The normalized spacial score (nSPS) is 11.6. The minimum absolute atomic E-state index is 0.545. The van der Waals surface area contributed by atoms with Crippen molar-refractivity contribution in [1.29, 1.82) is 0 Å². The first kappa shape index (κ1) is 31.8. The van der Waals surface area contributed by atoms with Crippen LogP contribution in [0.3, 0.4) is 0 Å². The zero-order chi connectivity index (χ0) is 37.0. The highest BCUT2D eigenvalue weighted by Gasteiger charge is 2.23. The van der Waals surface area contributed by atoms with Gasteiger partial charge in [0.05, 0.1) is 44.8 Å². The zero-order valence-corrected chi connectivity index (χ0v) is 30.2. The molecule has 6 aromatic carbocycles. The lowest BCUT2D eigenvalue weighted by Gasteiger charge is -2.13. The smallest absolute Gasteiger partial charge is 0.235 e. The molecule has 0 saturated carbocycles. The van der Waals surface area contributed by atoms with E-state index in [1.807, 2.05) is 67.0 Å². The van der Waals surface area contributed by atoms with Gasteiger partial charge in [0.25, 0.3) is 0 Å². The molecule has 11 rings (SSSR count). The van der Waals surface area contributed by atoms with Crippen LogP contribution in [0, 0.1) is 0 Å². The summed E-state index contributed by atoms with van der Waals surface area (Å²) in [5, 5.41) is 4.60. The SMILES string of the molecule is c1ccc(-c2ccc(-c3cc(-c4ccc(-c5ccccc5)cn4)nc(-n4c5ccccc5c5ccc6c7ccccc7n(-c7ccccc7)c6c54)n3)nc2)cc1. The highest BCUT2D eigenvalue weighted by Crippen LogP contribution is 2.41. The van der Waals surface area contributed by atoms with E-state index in [1.165, 1.54) is 5.39 Å². The predicted molar refractivity (Wildman–Crippen MR) is 228 cm³/mol. The standard InChI is InChI=1S/C50H32N6/c1-4-14-33(15-5-1)35-24-28-42(51-31-35)44-30-45(43-29-25-36(32-52-43)34-16-6-2-7-17-34)54-50(53-44)56-47-23-13-11-21-39(47)41-27-26-40-38-20-10-12-22-46(38)55(48(40)49(41)56)37-18-8-3-9-19-37/h1-32H. The van der Waals surface area contributed by atoms with E-state index in [0.29, 0.717) is 17.3 Å². The number of nitrogens with zero attached hydrogens (tertiary/aromatic N) is 6. The fourth-order valence-corrected chi connectivity index (χ4v) is 8.04. The fraction of sp³-hybridized carbons (Fsp3) is 0. The molecule has 0 unspecified atom stereocenters. The van der Waals surface area contributed by atoms with E-state index in [-0.39, 0.29) is 0 Å². The molecule has 6 heteroatoms. The van der Waals surface area contributed by atoms with E-state index in [2.05, 4.69) is 137 Å². The van der Waals surface area contributed by atoms with Gasteiger partial charge in [0, 0.05) is 50.8 Å². The summed E-state index contributed by atoms with van der Waals surface area (Å²) in [6.07, 6.45) is 3.84. The lowest BCUT2D eigenvalue weighted by atomic mass is 10.1. The number of pyridine rings is 2. The highest BCUT2D eigenvalue weighted by atomic mass is 15.2. The number of hydrogen-bond acceptors (Lipinski definition) is 4. The lowest BCUT2D eigenvalue weighted by Crippen LogP contribution is -2.06. The number of para-hydroxylation sites is 3. The first-order chi connectivity index (χ1) is 27.8. The van der Waals surface area contributed by atoms with Crippen molar-refractivity contribution >= 4 is 43.6 Å². The van der Waals surface area contributed by atoms with Crippen LogP contribution in [0.5, 0.6) is 0 Å². The molecule has 0 aliphatic carbocycles. The van der Waals surface area contributed by atoms with Gasteiger partial charge in [-0.2, -0.15) is 0 Å². The Morgan fingerprint density at radius 3 is 1.27 bits per heavy atom. The Bertz CT molecular complexity index is 3100. The van der Waals surface area contributed by atoms with Crippen molar-refractivity contribution in [1.82, 2.24) is 29.1 Å². The summed E-state index contributed by atoms with van der Waals surface area (Å²) in [6.45, 7) is 0. The molecule has 11 aromatic rings. The minimum atomic E-state index is 0.545. The molecule has 5 heterocycles. The van der Waals surface area contributed by atoms with Crippen molar-refractivity contribution in [2.75, 3.05) is 0 Å². The summed E-state index contributed by atoms with van der Waals surface area (Å²) in [5.74, 6) is 0.545. The third-order valence-electron chi connectivity index (χ3n) is 10.7. The molecule has 0 aliphatic rings. The van der Waals surface area contributed by atoms with E-state index in [4.69, 9.17) is 19.9 Å². The van der Waals surface area contributed by atoms with E-state index in [0.717, 1.165) is 77.6 Å². The molecule has 0 aliphatic heterocycles. The van der Waals surface area contributed by atoms with Gasteiger partial charge < -0.3 is 4.57 Å². The quantitative estimate of drug-likeness (QED) is 0.172. The van der Waals surface area contributed by atoms with Gasteiger partial charge in [-0.1, -0.05) is 140 Å². The summed E-state index contributed by atoms with van der Waals surface area (Å²) in [6, 6.07) is 63.2. The Balaban J connectivity index is 1.20. The number of rotatable bonds is 6. The van der Waals surface area contributed by atoms with Crippen LogP contribution >= 0.6 is 0 Å². The zero-order valence-electron chi connectivity index (χ0n) is 30.2. The van der Waals surface area contributed by atoms with Crippen molar-refractivity contribution in [3.8, 4) is 56.7 Å². The molecule has 0 saturated heterocycles. The molecule has 5 aromatic heterocycles. The van der Waals surface area contributed by atoms with Gasteiger partial charge in [-0.05, 0) is 53.6 Å². The number of benzene rings is 6. The molecule has 0 bridgehead atoms. The maximum atomic E-state index is 5.35. The number of hydrogen-bond donors (Lipinski definition) is 0. The number of aromatic nitrogens is 6. The molecule has 6 nitrogen and oxygen atoms in total. The summed E-state index contributed by atoms with van der Waals surface area (Å²) in [7, 11) is 0. The van der Waals surface area contributed by atoms with Gasteiger partial charge in [-0.25, -0.2) is 9.97 Å².